The molecule has 0 aliphatic heterocycles. The van der Waals surface area contributed by atoms with E-state index in [9.17, 15) is 19.8 Å². The lowest BCUT2D eigenvalue weighted by atomic mass is 9.58. The van der Waals surface area contributed by atoms with Crippen molar-refractivity contribution >= 4 is 11.8 Å². The highest BCUT2D eigenvalue weighted by Crippen LogP contribution is 2.49. The Kier molecular flexibility index (Phi) is 10.6. The molecule has 0 aromatic carbocycles. The van der Waals surface area contributed by atoms with Gasteiger partial charge < -0.3 is 25.4 Å². The van der Waals surface area contributed by atoms with E-state index in [4.69, 9.17) is 15.2 Å². The van der Waals surface area contributed by atoms with Crippen LogP contribution in [0.2, 0.25) is 0 Å². The van der Waals surface area contributed by atoms with Crippen LogP contribution in [0.15, 0.2) is 0 Å². The number of hydrogen-bond acceptors (Lipinski definition) is 7. The summed E-state index contributed by atoms with van der Waals surface area (Å²) in [6.45, 7) is 22.8. The molecule has 0 spiro atoms. The average Bonchev–Trinajstić information content (AvgIpc) is 2.56. The molecule has 0 saturated carbocycles. The molecule has 0 aliphatic carbocycles. The molecule has 0 aromatic rings. The number of hydrogen-bond donors (Lipinski definition) is 4. The molecule has 2 atom stereocenters. The standard InChI is InChI=1S/C26H52N2O6/c1-21(2,3)25(22(4,5)6,34-16-17(27)15-33-13)20(31)18(14-19(29)30)28-26(32,23(7,8)9)24(10,11)12/h17-18,28,32H,14-16,27H2,1-13H3,(H,29,30)/t17?,18-/m0/s1. The summed E-state index contributed by atoms with van der Waals surface area (Å²) >= 11 is 0. The number of Topliss-reactive ketones (excluding diaryl/α,β-unsaturated/α-hetero) is 1. The van der Waals surface area contributed by atoms with E-state index >= 15 is 0 Å². The monoisotopic (exact) mass is 488 g/mol. The number of nitrogens with one attached hydrogen (secondary N) is 1. The largest absolute Gasteiger partial charge is 0.481 e. The predicted molar refractivity (Wildman–Crippen MR) is 135 cm³/mol. The van der Waals surface area contributed by atoms with Gasteiger partial charge in [0.25, 0.3) is 0 Å². The Bertz CT molecular complexity index is 664. The highest BCUT2D eigenvalue weighted by atomic mass is 16.5. The maximum absolute atomic E-state index is 14.5. The van der Waals surface area contributed by atoms with E-state index in [-0.39, 0.29) is 13.2 Å². The van der Waals surface area contributed by atoms with E-state index in [2.05, 4.69) is 5.32 Å². The first kappa shape index (κ1) is 32.9. The lowest BCUT2D eigenvalue weighted by molar-refractivity contribution is -0.204. The SMILES string of the molecule is COCC(N)COC(C(=O)[C@H](CC(=O)O)NC(O)(C(C)(C)C)C(C)(C)C)(C(C)(C)C)C(C)(C)C. The highest BCUT2D eigenvalue weighted by Gasteiger charge is 2.61. The molecule has 0 radical (unpaired) electrons. The number of carboxylic acid groups (broad SMARTS) is 1. The van der Waals surface area contributed by atoms with Crippen LogP contribution in [0.5, 0.6) is 0 Å². The molecule has 0 amide bonds. The van der Waals surface area contributed by atoms with Gasteiger partial charge >= 0.3 is 5.97 Å². The number of nitrogens with two attached hydrogens (primary N) is 1. The minimum atomic E-state index is -1.57. The van der Waals surface area contributed by atoms with Crippen LogP contribution in [-0.2, 0) is 19.1 Å². The van der Waals surface area contributed by atoms with Crippen LogP contribution >= 0.6 is 0 Å². The predicted octanol–water partition coefficient (Wildman–Crippen LogP) is 3.59. The van der Waals surface area contributed by atoms with Crippen molar-refractivity contribution in [2.45, 2.75) is 113 Å². The third-order valence-corrected chi connectivity index (χ3v) is 6.60. The number of aliphatic hydroxyl groups is 1. The molecule has 5 N–H and O–H groups in total. The number of ether oxygens (including phenoxy) is 2. The zero-order valence-electron chi connectivity index (χ0n) is 23.9. The van der Waals surface area contributed by atoms with E-state index in [1.807, 2.05) is 83.1 Å². The van der Waals surface area contributed by atoms with Crippen LogP contribution < -0.4 is 11.1 Å². The van der Waals surface area contributed by atoms with Gasteiger partial charge in [0.15, 0.2) is 5.78 Å². The highest BCUT2D eigenvalue weighted by molar-refractivity contribution is 5.96. The van der Waals surface area contributed by atoms with Gasteiger partial charge in [0.05, 0.1) is 31.7 Å². The first-order chi connectivity index (χ1) is 14.9. The molecule has 0 aliphatic rings. The summed E-state index contributed by atoms with van der Waals surface area (Å²) in [6.07, 6.45) is -0.505. The van der Waals surface area contributed by atoms with Crippen LogP contribution in [0.25, 0.3) is 0 Å². The molecule has 1 unspecified atom stereocenters. The average molecular weight is 489 g/mol. The summed E-state index contributed by atoms with van der Waals surface area (Å²) in [5, 5.41) is 24.7. The maximum atomic E-state index is 14.5. The molecule has 0 fully saturated rings. The zero-order valence-corrected chi connectivity index (χ0v) is 23.9. The number of carbonyl (C=O) groups is 2. The van der Waals surface area contributed by atoms with Crippen molar-refractivity contribution in [3.05, 3.63) is 0 Å². The Labute approximate surface area is 207 Å². The third kappa shape index (κ3) is 7.00. The van der Waals surface area contributed by atoms with Crippen molar-refractivity contribution in [3.63, 3.8) is 0 Å². The normalized spacial score (nSPS) is 16.3. The smallest absolute Gasteiger partial charge is 0.305 e. The van der Waals surface area contributed by atoms with Gasteiger partial charge in [-0.1, -0.05) is 83.1 Å². The van der Waals surface area contributed by atoms with E-state index in [1.54, 1.807) is 7.11 Å². The van der Waals surface area contributed by atoms with Crippen LogP contribution in [0, 0.1) is 21.7 Å². The van der Waals surface area contributed by atoms with Gasteiger partial charge in [-0.15, -0.1) is 0 Å². The Morgan fingerprint density at radius 3 is 1.53 bits per heavy atom. The second-order valence-corrected chi connectivity index (χ2v) is 13.6. The number of carboxylic acids is 1. The zero-order chi connectivity index (χ0) is 27.6. The lowest BCUT2D eigenvalue weighted by Crippen LogP contribution is -2.71. The molecule has 202 valence electrons. The molecule has 0 rings (SSSR count). The summed E-state index contributed by atoms with van der Waals surface area (Å²) in [4.78, 5) is 26.4. The lowest BCUT2D eigenvalue weighted by Gasteiger charge is -2.55. The molecule has 0 bridgehead atoms. The van der Waals surface area contributed by atoms with Gasteiger partial charge in [-0.3, -0.25) is 14.9 Å². The number of aliphatic carboxylic acids is 1. The van der Waals surface area contributed by atoms with Crippen LogP contribution in [0.1, 0.15) is 89.5 Å². The van der Waals surface area contributed by atoms with E-state index < -0.39 is 63.2 Å². The van der Waals surface area contributed by atoms with E-state index in [0.717, 1.165) is 0 Å². The summed E-state index contributed by atoms with van der Waals surface area (Å²) in [5.74, 6) is -1.57. The van der Waals surface area contributed by atoms with Crippen LogP contribution in [0.3, 0.4) is 0 Å². The van der Waals surface area contributed by atoms with E-state index in [0.29, 0.717) is 0 Å². The van der Waals surface area contributed by atoms with Crippen molar-refractivity contribution in [1.29, 1.82) is 0 Å². The van der Waals surface area contributed by atoms with Crippen molar-refractivity contribution in [1.82, 2.24) is 5.32 Å². The number of carbonyl (C=O) groups excluding carboxylic acids is 1. The molecule has 0 saturated heterocycles. The summed E-state index contributed by atoms with van der Waals surface area (Å²) in [5.41, 5.74) is 0.274. The fraction of sp³-hybridized carbons (Fsp3) is 0.923. The molecule has 0 heterocycles. The number of ketones is 1. The van der Waals surface area contributed by atoms with Gasteiger partial charge in [-0.25, -0.2) is 0 Å². The number of rotatable bonds is 11. The Morgan fingerprint density at radius 1 is 0.824 bits per heavy atom. The Morgan fingerprint density at radius 2 is 1.24 bits per heavy atom. The fourth-order valence-electron chi connectivity index (χ4n) is 5.30. The molecule has 8 heteroatoms. The quantitative estimate of drug-likeness (QED) is 0.325. The van der Waals surface area contributed by atoms with Gasteiger partial charge in [0.2, 0.25) is 0 Å². The number of methoxy groups -OCH3 is 1. The van der Waals surface area contributed by atoms with Crippen LogP contribution in [-0.4, -0.2) is 65.7 Å². The maximum Gasteiger partial charge on any atom is 0.305 e. The second-order valence-electron chi connectivity index (χ2n) is 13.6. The second kappa shape index (κ2) is 10.9. The van der Waals surface area contributed by atoms with Crippen molar-refractivity contribution in [2.75, 3.05) is 20.3 Å². The summed E-state index contributed by atoms with van der Waals surface area (Å²) in [7, 11) is 1.54. The molecule has 8 nitrogen and oxygen atoms in total. The summed E-state index contributed by atoms with van der Waals surface area (Å²) < 4.78 is 11.5. The minimum Gasteiger partial charge on any atom is -0.481 e. The molecular formula is C26H52N2O6. The summed E-state index contributed by atoms with van der Waals surface area (Å²) in [6, 6.07) is -1.67. The van der Waals surface area contributed by atoms with Gasteiger partial charge in [0, 0.05) is 17.9 Å². The minimum absolute atomic E-state index is 0.0523. The van der Waals surface area contributed by atoms with Crippen LogP contribution in [0.4, 0.5) is 0 Å². The van der Waals surface area contributed by atoms with Crippen molar-refractivity contribution in [3.8, 4) is 0 Å². The van der Waals surface area contributed by atoms with Crippen molar-refractivity contribution in [2.24, 2.45) is 27.4 Å². The Hall–Kier alpha value is -1.06. The third-order valence-electron chi connectivity index (χ3n) is 6.60. The van der Waals surface area contributed by atoms with E-state index in [1.165, 1.54) is 0 Å². The van der Waals surface area contributed by atoms with Gasteiger partial charge in [-0.05, 0) is 10.8 Å². The molecule has 34 heavy (non-hydrogen) atoms. The fourth-order valence-corrected chi connectivity index (χ4v) is 5.30. The first-order valence-corrected chi connectivity index (χ1v) is 12.0. The van der Waals surface area contributed by atoms with Crippen molar-refractivity contribution < 1.29 is 29.3 Å². The first-order valence-electron chi connectivity index (χ1n) is 12.0. The Balaban J connectivity index is 6.89. The molecule has 0 aromatic heterocycles. The van der Waals surface area contributed by atoms with Gasteiger partial charge in [-0.2, -0.15) is 0 Å². The van der Waals surface area contributed by atoms with Gasteiger partial charge in [0.1, 0.15) is 11.3 Å². The topological polar surface area (TPSA) is 131 Å². The molecular weight excluding hydrogens is 436 g/mol.